The van der Waals surface area contributed by atoms with Crippen molar-refractivity contribution in [1.29, 1.82) is 0 Å². The average Bonchev–Trinajstić information content (AvgIpc) is 2.31. The molecule has 1 heterocycles. The highest BCUT2D eigenvalue weighted by molar-refractivity contribution is 4.84. The number of rotatable bonds is 3. The van der Waals surface area contributed by atoms with Gasteiger partial charge in [-0.2, -0.15) is 0 Å². The Bertz CT molecular complexity index is 178. The molecule has 0 aromatic heterocycles. The van der Waals surface area contributed by atoms with Crippen molar-refractivity contribution >= 4 is 0 Å². The van der Waals surface area contributed by atoms with Crippen LogP contribution in [0, 0.1) is 0 Å². The van der Waals surface area contributed by atoms with Gasteiger partial charge in [-0.3, -0.25) is 4.90 Å². The van der Waals surface area contributed by atoms with Gasteiger partial charge in [0.05, 0.1) is 0 Å². The van der Waals surface area contributed by atoms with Crippen molar-refractivity contribution in [1.82, 2.24) is 10.2 Å². The zero-order valence-corrected chi connectivity index (χ0v) is 9.62. The van der Waals surface area contributed by atoms with E-state index in [-0.39, 0.29) is 0 Å². The molecular weight excluding hydrogens is 188 g/mol. The van der Waals surface area contributed by atoms with Crippen molar-refractivity contribution in [3.63, 3.8) is 0 Å². The zero-order chi connectivity index (χ0) is 10.5. The quantitative estimate of drug-likeness (QED) is 0.732. The van der Waals surface area contributed by atoms with Crippen LogP contribution in [-0.2, 0) is 0 Å². The van der Waals surface area contributed by atoms with E-state index in [1.807, 2.05) is 0 Å². The Morgan fingerprint density at radius 1 is 1.20 bits per heavy atom. The normalized spacial score (nSPS) is 30.6. The molecule has 3 heteroatoms. The maximum absolute atomic E-state index is 8.96. The molecule has 3 nitrogen and oxygen atoms in total. The third-order valence-electron chi connectivity index (χ3n) is 3.86. The first-order valence-corrected chi connectivity index (χ1v) is 6.48. The molecule has 1 saturated carbocycles. The summed E-state index contributed by atoms with van der Waals surface area (Å²) in [5.74, 6) is 0. The maximum atomic E-state index is 8.96. The molecule has 2 fully saturated rings. The lowest BCUT2D eigenvalue weighted by Gasteiger charge is -2.40. The molecule has 0 aromatic rings. The Hall–Kier alpha value is -0.120. The third kappa shape index (κ3) is 3.16. The molecule has 0 spiro atoms. The summed E-state index contributed by atoms with van der Waals surface area (Å²) in [6.07, 6.45) is 7.96. The summed E-state index contributed by atoms with van der Waals surface area (Å²) < 4.78 is 0. The van der Waals surface area contributed by atoms with E-state index in [1.165, 1.54) is 38.6 Å². The van der Waals surface area contributed by atoms with Gasteiger partial charge in [0, 0.05) is 38.3 Å². The van der Waals surface area contributed by atoms with Crippen molar-refractivity contribution in [2.24, 2.45) is 0 Å². The first kappa shape index (κ1) is 11.4. The van der Waals surface area contributed by atoms with Gasteiger partial charge in [0.2, 0.25) is 0 Å². The molecule has 0 bridgehead atoms. The van der Waals surface area contributed by atoms with Gasteiger partial charge in [0.1, 0.15) is 0 Å². The van der Waals surface area contributed by atoms with Crippen LogP contribution in [0.25, 0.3) is 0 Å². The minimum Gasteiger partial charge on any atom is -0.396 e. The first-order chi connectivity index (χ1) is 7.40. The van der Waals surface area contributed by atoms with Crippen molar-refractivity contribution < 1.29 is 5.11 Å². The van der Waals surface area contributed by atoms with E-state index in [9.17, 15) is 0 Å². The largest absolute Gasteiger partial charge is 0.396 e. The van der Waals surface area contributed by atoms with E-state index in [4.69, 9.17) is 5.11 Å². The standard InChI is InChI=1S/C12H24N2O/c15-9-6-11-10-14(8-7-13-11)12-4-2-1-3-5-12/h11-13,15H,1-10H2. The minimum absolute atomic E-state index is 0.316. The Labute approximate surface area is 92.8 Å². The molecular formula is C12H24N2O. The predicted molar refractivity (Wildman–Crippen MR) is 61.9 cm³/mol. The van der Waals surface area contributed by atoms with Crippen LogP contribution in [0.3, 0.4) is 0 Å². The summed E-state index contributed by atoms with van der Waals surface area (Å²) in [7, 11) is 0. The number of nitrogens with zero attached hydrogens (tertiary/aromatic N) is 1. The van der Waals surface area contributed by atoms with Crippen LogP contribution >= 0.6 is 0 Å². The summed E-state index contributed by atoms with van der Waals surface area (Å²) in [5.41, 5.74) is 0. The molecule has 0 radical (unpaired) electrons. The highest BCUT2D eigenvalue weighted by Gasteiger charge is 2.26. The second-order valence-electron chi connectivity index (χ2n) is 4.95. The average molecular weight is 212 g/mol. The van der Waals surface area contributed by atoms with Crippen molar-refractivity contribution in [3.8, 4) is 0 Å². The lowest BCUT2D eigenvalue weighted by molar-refractivity contribution is 0.106. The van der Waals surface area contributed by atoms with Crippen LogP contribution in [0.4, 0.5) is 0 Å². The molecule has 1 atom stereocenters. The molecule has 1 aliphatic heterocycles. The van der Waals surface area contributed by atoms with Crippen LogP contribution in [0.5, 0.6) is 0 Å². The lowest BCUT2D eigenvalue weighted by atomic mass is 9.93. The SMILES string of the molecule is OCCC1CN(C2CCCCC2)CCN1. The van der Waals surface area contributed by atoms with E-state index in [2.05, 4.69) is 10.2 Å². The number of hydrogen-bond acceptors (Lipinski definition) is 3. The van der Waals surface area contributed by atoms with Gasteiger partial charge in [-0.05, 0) is 19.3 Å². The fraction of sp³-hybridized carbons (Fsp3) is 1.00. The Kier molecular flexibility index (Phi) is 4.42. The van der Waals surface area contributed by atoms with E-state index in [0.29, 0.717) is 12.6 Å². The van der Waals surface area contributed by atoms with E-state index >= 15 is 0 Å². The fourth-order valence-corrected chi connectivity index (χ4v) is 2.98. The molecule has 0 aromatic carbocycles. The molecule has 2 N–H and O–H groups in total. The number of aliphatic hydroxyl groups excluding tert-OH is 1. The molecule has 1 aliphatic carbocycles. The number of nitrogens with one attached hydrogen (secondary N) is 1. The van der Waals surface area contributed by atoms with Gasteiger partial charge >= 0.3 is 0 Å². The van der Waals surface area contributed by atoms with Gasteiger partial charge in [-0.15, -0.1) is 0 Å². The van der Waals surface area contributed by atoms with Crippen LogP contribution in [0.15, 0.2) is 0 Å². The monoisotopic (exact) mass is 212 g/mol. The fourth-order valence-electron chi connectivity index (χ4n) is 2.98. The molecule has 2 aliphatic rings. The summed E-state index contributed by atoms with van der Waals surface area (Å²) in [6.45, 7) is 3.76. The lowest BCUT2D eigenvalue weighted by Crippen LogP contribution is -2.54. The predicted octanol–water partition coefficient (Wildman–Crippen LogP) is 0.975. The van der Waals surface area contributed by atoms with Crippen LogP contribution in [-0.4, -0.2) is 48.3 Å². The molecule has 15 heavy (non-hydrogen) atoms. The maximum Gasteiger partial charge on any atom is 0.0446 e. The van der Waals surface area contributed by atoms with Gasteiger partial charge in [-0.1, -0.05) is 19.3 Å². The Balaban J connectivity index is 1.80. The van der Waals surface area contributed by atoms with Crippen LogP contribution in [0.2, 0.25) is 0 Å². The molecule has 88 valence electrons. The molecule has 1 unspecified atom stereocenters. The van der Waals surface area contributed by atoms with E-state index in [1.54, 1.807) is 0 Å². The van der Waals surface area contributed by atoms with Crippen molar-refractivity contribution in [2.75, 3.05) is 26.2 Å². The van der Waals surface area contributed by atoms with Crippen LogP contribution < -0.4 is 5.32 Å². The highest BCUT2D eigenvalue weighted by Crippen LogP contribution is 2.23. The highest BCUT2D eigenvalue weighted by atomic mass is 16.3. The summed E-state index contributed by atoms with van der Waals surface area (Å²) in [4.78, 5) is 2.65. The smallest absolute Gasteiger partial charge is 0.0446 e. The van der Waals surface area contributed by atoms with Crippen LogP contribution in [0.1, 0.15) is 38.5 Å². The molecule has 1 saturated heterocycles. The topological polar surface area (TPSA) is 35.5 Å². The van der Waals surface area contributed by atoms with E-state index < -0.39 is 0 Å². The van der Waals surface area contributed by atoms with Gasteiger partial charge in [0.25, 0.3) is 0 Å². The van der Waals surface area contributed by atoms with Crippen molar-refractivity contribution in [3.05, 3.63) is 0 Å². The van der Waals surface area contributed by atoms with Crippen molar-refractivity contribution in [2.45, 2.75) is 50.6 Å². The van der Waals surface area contributed by atoms with Gasteiger partial charge < -0.3 is 10.4 Å². The molecule has 2 rings (SSSR count). The Morgan fingerprint density at radius 3 is 2.73 bits per heavy atom. The first-order valence-electron chi connectivity index (χ1n) is 6.48. The second-order valence-corrected chi connectivity index (χ2v) is 4.95. The third-order valence-corrected chi connectivity index (χ3v) is 3.86. The minimum atomic E-state index is 0.316. The number of hydrogen-bond donors (Lipinski definition) is 2. The zero-order valence-electron chi connectivity index (χ0n) is 9.62. The summed E-state index contributed by atoms with van der Waals surface area (Å²) >= 11 is 0. The number of piperazine rings is 1. The molecule has 0 amide bonds. The van der Waals surface area contributed by atoms with E-state index in [0.717, 1.165) is 25.6 Å². The number of aliphatic hydroxyl groups is 1. The summed E-state index contributed by atoms with van der Waals surface area (Å²) in [5, 5.41) is 12.4. The van der Waals surface area contributed by atoms with Gasteiger partial charge in [0.15, 0.2) is 0 Å². The summed E-state index contributed by atoms with van der Waals surface area (Å²) in [6, 6.07) is 1.35. The second kappa shape index (κ2) is 5.83. The van der Waals surface area contributed by atoms with Gasteiger partial charge in [-0.25, -0.2) is 0 Å². The Morgan fingerprint density at radius 2 is 2.00 bits per heavy atom.